The zero-order valence-electron chi connectivity index (χ0n) is 18.6. The van der Waals surface area contributed by atoms with E-state index in [1.54, 1.807) is 14.0 Å². The van der Waals surface area contributed by atoms with Crippen LogP contribution in [0.4, 0.5) is 0 Å². The van der Waals surface area contributed by atoms with Crippen molar-refractivity contribution >= 4 is 11.8 Å². The Hall–Kier alpha value is -2.90. The van der Waals surface area contributed by atoms with E-state index in [1.165, 1.54) is 0 Å². The quantitative estimate of drug-likeness (QED) is 0.761. The molecule has 1 aliphatic heterocycles. The molecule has 2 heterocycles. The molecule has 1 N–H and O–H groups in total. The molecule has 0 spiro atoms. The number of ether oxygens (including phenoxy) is 1. The molecule has 8 heteroatoms. The molecule has 1 saturated carbocycles. The van der Waals surface area contributed by atoms with Gasteiger partial charge in [0.25, 0.3) is 0 Å². The van der Waals surface area contributed by atoms with Crippen LogP contribution >= 0.6 is 0 Å². The van der Waals surface area contributed by atoms with Crippen LogP contribution in [0.3, 0.4) is 0 Å². The molecule has 2 fully saturated rings. The number of hydrogen-bond donors (Lipinski definition) is 1. The summed E-state index contributed by atoms with van der Waals surface area (Å²) in [5.41, 5.74) is 0.505. The maximum absolute atomic E-state index is 12.7. The van der Waals surface area contributed by atoms with Gasteiger partial charge in [0, 0.05) is 25.0 Å². The molecule has 8 nitrogen and oxygen atoms in total. The van der Waals surface area contributed by atoms with Gasteiger partial charge < -0.3 is 19.5 Å². The van der Waals surface area contributed by atoms with Crippen molar-refractivity contribution < 1.29 is 18.8 Å². The number of nitrogens with one attached hydrogen (secondary N) is 1. The van der Waals surface area contributed by atoms with Crippen LogP contribution in [0.1, 0.15) is 44.0 Å². The van der Waals surface area contributed by atoms with Crippen LogP contribution in [-0.4, -0.2) is 53.1 Å². The maximum atomic E-state index is 12.7. The van der Waals surface area contributed by atoms with Crippen molar-refractivity contribution in [3.63, 3.8) is 0 Å². The topological polar surface area (TPSA) is 97.6 Å². The summed E-state index contributed by atoms with van der Waals surface area (Å²) < 4.78 is 10.8. The Labute approximate surface area is 182 Å². The predicted molar refractivity (Wildman–Crippen MR) is 113 cm³/mol. The Balaban J connectivity index is 1.48. The number of benzene rings is 1. The van der Waals surface area contributed by atoms with Gasteiger partial charge >= 0.3 is 0 Å². The van der Waals surface area contributed by atoms with Gasteiger partial charge in [-0.05, 0) is 43.4 Å². The third kappa shape index (κ3) is 4.16. The first-order valence-corrected chi connectivity index (χ1v) is 10.8. The van der Waals surface area contributed by atoms with E-state index in [9.17, 15) is 9.59 Å². The third-order valence-electron chi connectivity index (χ3n) is 6.50. The highest BCUT2D eigenvalue weighted by molar-refractivity contribution is 5.80. The van der Waals surface area contributed by atoms with Crippen LogP contribution in [-0.2, 0) is 21.4 Å². The average Bonchev–Trinajstić information content (AvgIpc) is 3.40. The molecule has 3 atom stereocenters. The number of amides is 2. The van der Waals surface area contributed by atoms with Crippen LogP contribution < -0.4 is 10.1 Å². The van der Waals surface area contributed by atoms with Gasteiger partial charge in [0.1, 0.15) is 5.75 Å². The van der Waals surface area contributed by atoms with E-state index in [1.807, 2.05) is 43.0 Å². The van der Waals surface area contributed by atoms with Gasteiger partial charge in [-0.25, -0.2) is 0 Å². The fourth-order valence-corrected chi connectivity index (χ4v) is 5.09. The van der Waals surface area contributed by atoms with E-state index in [0.717, 1.165) is 17.7 Å². The molecule has 1 aromatic heterocycles. The van der Waals surface area contributed by atoms with E-state index < -0.39 is 5.41 Å². The average molecular weight is 427 g/mol. The summed E-state index contributed by atoms with van der Waals surface area (Å²) in [6, 6.07) is 7.55. The fraction of sp³-hybridized carbons (Fsp3) is 0.565. The molecule has 4 rings (SSSR count). The summed E-state index contributed by atoms with van der Waals surface area (Å²) in [5, 5.41) is 7.18. The van der Waals surface area contributed by atoms with Gasteiger partial charge in [-0.1, -0.05) is 31.1 Å². The Morgan fingerprint density at radius 1 is 1.39 bits per heavy atom. The van der Waals surface area contributed by atoms with Crippen molar-refractivity contribution in [2.45, 2.75) is 51.5 Å². The van der Waals surface area contributed by atoms with Crippen molar-refractivity contribution in [2.24, 2.45) is 11.8 Å². The van der Waals surface area contributed by atoms with E-state index in [0.29, 0.717) is 37.6 Å². The number of carbonyl (C=O) groups is 2. The van der Waals surface area contributed by atoms with Crippen LogP contribution in [0.25, 0.3) is 0 Å². The molecule has 2 aromatic rings. The van der Waals surface area contributed by atoms with E-state index in [-0.39, 0.29) is 29.7 Å². The molecule has 1 saturated heterocycles. The number of aromatic nitrogens is 2. The molecule has 1 aliphatic carbocycles. The third-order valence-corrected chi connectivity index (χ3v) is 6.50. The number of fused-ring (bicyclic) bond motifs is 1. The van der Waals surface area contributed by atoms with Crippen LogP contribution in [0.15, 0.2) is 28.8 Å². The van der Waals surface area contributed by atoms with Gasteiger partial charge in [0.05, 0.1) is 18.9 Å². The van der Waals surface area contributed by atoms with Gasteiger partial charge in [-0.2, -0.15) is 4.98 Å². The zero-order valence-corrected chi connectivity index (χ0v) is 18.6. The van der Waals surface area contributed by atoms with E-state index in [2.05, 4.69) is 15.5 Å². The summed E-state index contributed by atoms with van der Waals surface area (Å²) in [6.07, 6.45) is 1.77. The second-order valence-electron chi connectivity index (χ2n) is 9.11. The summed E-state index contributed by atoms with van der Waals surface area (Å²) in [4.78, 5) is 31.8. The highest BCUT2D eigenvalue weighted by Gasteiger charge is 2.58. The van der Waals surface area contributed by atoms with Gasteiger partial charge in [-0.3, -0.25) is 9.59 Å². The van der Waals surface area contributed by atoms with Crippen molar-refractivity contribution in [3.8, 4) is 5.75 Å². The molecule has 2 aliphatic rings. The number of carbonyl (C=O) groups excluding carboxylic acids is 2. The van der Waals surface area contributed by atoms with Gasteiger partial charge in [0.2, 0.25) is 17.7 Å². The SMILES string of the molecule is COc1cccc(CC(=O)N[C@@H]2CC3CN(C(=O)C(C)C)C[C@@]3(c3nc(C)no3)C2)c1. The van der Waals surface area contributed by atoms with Crippen molar-refractivity contribution in [3.05, 3.63) is 41.5 Å². The first-order valence-electron chi connectivity index (χ1n) is 10.8. The Kier molecular flexibility index (Phi) is 5.73. The minimum Gasteiger partial charge on any atom is -0.497 e. The minimum absolute atomic E-state index is 0.00613. The van der Waals surface area contributed by atoms with Gasteiger partial charge in [-0.15, -0.1) is 0 Å². The van der Waals surface area contributed by atoms with Gasteiger partial charge in [0.15, 0.2) is 5.82 Å². The summed E-state index contributed by atoms with van der Waals surface area (Å²) >= 11 is 0. The number of aryl methyl sites for hydroxylation is 1. The predicted octanol–water partition coefficient (Wildman–Crippen LogP) is 2.26. The minimum atomic E-state index is -0.403. The summed E-state index contributed by atoms with van der Waals surface area (Å²) in [5.74, 6) is 2.15. The molecule has 1 unspecified atom stereocenters. The smallest absolute Gasteiger partial charge is 0.235 e. The van der Waals surface area contributed by atoms with Crippen LogP contribution in [0.5, 0.6) is 5.75 Å². The number of likely N-dealkylation sites (tertiary alicyclic amines) is 1. The Bertz CT molecular complexity index is 972. The van der Waals surface area contributed by atoms with Crippen LogP contribution in [0.2, 0.25) is 0 Å². The molecule has 0 radical (unpaired) electrons. The lowest BCUT2D eigenvalue weighted by atomic mass is 9.80. The molecule has 31 heavy (non-hydrogen) atoms. The second-order valence-corrected chi connectivity index (χ2v) is 9.11. The lowest BCUT2D eigenvalue weighted by Gasteiger charge is -2.26. The highest BCUT2D eigenvalue weighted by atomic mass is 16.5. The summed E-state index contributed by atoms with van der Waals surface area (Å²) in [7, 11) is 1.61. The normalized spacial score (nSPS) is 25.0. The Morgan fingerprint density at radius 3 is 2.87 bits per heavy atom. The lowest BCUT2D eigenvalue weighted by Crippen LogP contribution is -2.40. The molecule has 166 valence electrons. The Morgan fingerprint density at radius 2 is 2.19 bits per heavy atom. The monoisotopic (exact) mass is 426 g/mol. The highest BCUT2D eigenvalue weighted by Crippen LogP contribution is 2.50. The van der Waals surface area contributed by atoms with Crippen LogP contribution in [0, 0.1) is 18.8 Å². The van der Waals surface area contributed by atoms with Crippen molar-refractivity contribution in [1.29, 1.82) is 0 Å². The molecule has 1 aromatic carbocycles. The molecule has 0 bridgehead atoms. The largest absolute Gasteiger partial charge is 0.497 e. The fourth-order valence-electron chi connectivity index (χ4n) is 5.09. The standard InChI is InChI=1S/C23H30N4O4/c1-14(2)21(29)27-12-17-10-18(11-23(17,13-27)22-24-15(3)26-31-22)25-20(28)9-16-6-5-7-19(8-16)30-4/h5-8,14,17-18H,9-13H2,1-4H3,(H,25,28)/t17?,18-,23+/m1/s1. The summed E-state index contributed by atoms with van der Waals surface area (Å²) in [6.45, 7) is 6.84. The molecular weight excluding hydrogens is 396 g/mol. The number of hydrogen-bond acceptors (Lipinski definition) is 6. The van der Waals surface area contributed by atoms with Crippen molar-refractivity contribution in [1.82, 2.24) is 20.4 Å². The number of rotatable bonds is 6. The lowest BCUT2D eigenvalue weighted by molar-refractivity contribution is -0.134. The molecular formula is C23H30N4O4. The molecule has 2 amide bonds. The first-order chi connectivity index (χ1) is 14.8. The van der Waals surface area contributed by atoms with E-state index in [4.69, 9.17) is 9.26 Å². The zero-order chi connectivity index (χ0) is 22.2. The second kappa shape index (κ2) is 8.32. The van der Waals surface area contributed by atoms with E-state index >= 15 is 0 Å². The maximum Gasteiger partial charge on any atom is 0.235 e. The van der Waals surface area contributed by atoms with Crippen molar-refractivity contribution in [2.75, 3.05) is 20.2 Å². The number of methoxy groups -OCH3 is 1. The first kappa shape index (κ1) is 21.3. The number of nitrogens with zero attached hydrogens (tertiary/aromatic N) is 3.